The number of alkyl halides is 3. The molecule has 0 bridgehead atoms. The monoisotopic (exact) mass is 302 g/mol. The molecule has 0 aromatic heterocycles. The van der Waals surface area contributed by atoms with Crippen molar-refractivity contribution in [3.63, 3.8) is 0 Å². The van der Waals surface area contributed by atoms with Crippen LogP contribution in [0.3, 0.4) is 0 Å². The quantitative estimate of drug-likeness (QED) is 0.844. The van der Waals surface area contributed by atoms with Crippen LogP contribution >= 0.6 is 0 Å². The van der Waals surface area contributed by atoms with E-state index in [1.165, 1.54) is 6.07 Å². The van der Waals surface area contributed by atoms with E-state index in [0.717, 1.165) is 25.6 Å². The van der Waals surface area contributed by atoms with Crippen molar-refractivity contribution < 1.29 is 17.6 Å². The molecular weight excluding hydrogens is 284 g/mol. The molecular formula is C15H18F4N2. The highest BCUT2D eigenvalue weighted by molar-refractivity contribution is 5.52. The molecule has 2 aliphatic heterocycles. The van der Waals surface area contributed by atoms with Gasteiger partial charge in [0.05, 0.1) is 11.3 Å². The van der Waals surface area contributed by atoms with Gasteiger partial charge in [0.2, 0.25) is 0 Å². The SMILES string of the molecule is CCC1C2CNCC2CN1c1ccc(C(F)(F)F)cc1F. The minimum atomic E-state index is -4.50. The summed E-state index contributed by atoms with van der Waals surface area (Å²) in [5, 5.41) is 3.34. The molecule has 2 heterocycles. The fraction of sp³-hybridized carbons (Fsp3) is 0.600. The van der Waals surface area contributed by atoms with Crippen LogP contribution in [0.4, 0.5) is 23.2 Å². The Bertz CT molecular complexity index is 529. The molecule has 1 aromatic carbocycles. The first kappa shape index (κ1) is 14.6. The second-order valence-electron chi connectivity index (χ2n) is 5.87. The summed E-state index contributed by atoms with van der Waals surface area (Å²) in [6.07, 6.45) is -3.64. The van der Waals surface area contributed by atoms with Crippen molar-refractivity contribution in [1.82, 2.24) is 5.32 Å². The first-order chi connectivity index (χ1) is 9.91. The number of halogens is 4. The van der Waals surface area contributed by atoms with E-state index in [9.17, 15) is 17.6 Å². The molecule has 0 aliphatic carbocycles. The van der Waals surface area contributed by atoms with Gasteiger partial charge in [-0.3, -0.25) is 0 Å². The molecule has 21 heavy (non-hydrogen) atoms. The summed E-state index contributed by atoms with van der Waals surface area (Å²) in [4.78, 5) is 1.95. The van der Waals surface area contributed by atoms with Crippen LogP contribution in [0.25, 0.3) is 0 Å². The van der Waals surface area contributed by atoms with Crippen LogP contribution < -0.4 is 10.2 Å². The Labute approximate surface area is 121 Å². The average molecular weight is 302 g/mol. The molecule has 0 spiro atoms. The van der Waals surface area contributed by atoms with Crippen molar-refractivity contribution in [2.24, 2.45) is 11.8 Å². The number of nitrogens with zero attached hydrogens (tertiary/aromatic N) is 1. The second-order valence-corrected chi connectivity index (χ2v) is 5.87. The molecule has 2 nitrogen and oxygen atoms in total. The minimum Gasteiger partial charge on any atom is -0.366 e. The van der Waals surface area contributed by atoms with E-state index in [1.807, 2.05) is 11.8 Å². The lowest BCUT2D eigenvalue weighted by atomic mass is 9.93. The average Bonchev–Trinajstić information content (AvgIpc) is 2.97. The highest BCUT2D eigenvalue weighted by Crippen LogP contribution is 2.39. The molecule has 2 aliphatic rings. The standard InChI is InChI=1S/C15H18F4N2/c1-2-13-11-7-20-6-9(11)8-21(13)14-4-3-10(5-12(14)16)15(17,18)19/h3-5,9,11,13,20H,2,6-8H2,1H3. The molecule has 0 saturated carbocycles. The van der Waals surface area contributed by atoms with E-state index in [1.54, 1.807) is 0 Å². The maximum absolute atomic E-state index is 14.2. The summed E-state index contributed by atoms with van der Waals surface area (Å²) >= 11 is 0. The number of fused-ring (bicyclic) bond motifs is 1. The maximum atomic E-state index is 14.2. The number of hydrogen-bond acceptors (Lipinski definition) is 2. The lowest BCUT2D eigenvalue weighted by Gasteiger charge is -2.29. The summed E-state index contributed by atoms with van der Waals surface area (Å²) in [6, 6.07) is 3.04. The lowest BCUT2D eigenvalue weighted by Crippen LogP contribution is -2.35. The largest absolute Gasteiger partial charge is 0.416 e. The molecule has 1 aromatic rings. The van der Waals surface area contributed by atoms with Gasteiger partial charge in [0.15, 0.2) is 0 Å². The predicted molar refractivity (Wildman–Crippen MR) is 72.7 cm³/mol. The van der Waals surface area contributed by atoms with Gasteiger partial charge < -0.3 is 10.2 Å². The highest BCUT2D eigenvalue weighted by atomic mass is 19.4. The predicted octanol–water partition coefficient (Wildman–Crippen LogP) is 3.28. The normalized spacial score (nSPS) is 29.0. The van der Waals surface area contributed by atoms with Crippen LogP contribution in [0.2, 0.25) is 0 Å². The van der Waals surface area contributed by atoms with E-state index in [-0.39, 0.29) is 6.04 Å². The van der Waals surface area contributed by atoms with Gasteiger partial charge >= 0.3 is 6.18 Å². The number of anilines is 1. The van der Waals surface area contributed by atoms with Crippen LogP contribution in [0.15, 0.2) is 18.2 Å². The molecule has 2 fully saturated rings. The van der Waals surface area contributed by atoms with Gasteiger partial charge in [0.1, 0.15) is 5.82 Å². The summed E-state index contributed by atoms with van der Waals surface area (Å²) < 4.78 is 52.0. The van der Waals surface area contributed by atoms with E-state index in [4.69, 9.17) is 0 Å². The third kappa shape index (κ3) is 2.50. The fourth-order valence-electron chi connectivity index (χ4n) is 3.74. The van der Waals surface area contributed by atoms with Gasteiger partial charge in [-0.15, -0.1) is 0 Å². The first-order valence-electron chi connectivity index (χ1n) is 7.26. The van der Waals surface area contributed by atoms with Crippen molar-refractivity contribution in [2.75, 3.05) is 24.5 Å². The number of hydrogen-bond donors (Lipinski definition) is 1. The van der Waals surface area contributed by atoms with Gasteiger partial charge in [-0.05, 0) is 36.5 Å². The van der Waals surface area contributed by atoms with E-state index in [0.29, 0.717) is 30.1 Å². The molecule has 3 unspecified atom stereocenters. The minimum absolute atomic E-state index is 0.191. The molecule has 0 radical (unpaired) electrons. The van der Waals surface area contributed by atoms with Gasteiger partial charge in [-0.2, -0.15) is 13.2 Å². The zero-order valence-corrected chi connectivity index (χ0v) is 11.8. The zero-order chi connectivity index (χ0) is 15.2. The molecule has 0 amide bonds. The number of nitrogens with one attached hydrogen (secondary N) is 1. The zero-order valence-electron chi connectivity index (χ0n) is 11.8. The molecule has 116 valence electrons. The molecule has 1 N–H and O–H groups in total. The van der Waals surface area contributed by atoms with Crippen molar-refractivity contribution >= 4 is 5.69 Å². The lowest BCUT2D eigenvalue weighted by molar-refractivity contribution is -0.137. The van der Waals surface area contributed by atoms with Crippen molar-refractivity contribution in [3.05, 3.63) is 29.6 Å². The summed E-state index contributed by atoms with van der Waals surface area (Å²) in [5.74, 6) is 0.129. The Balaban J connectivity index is 1.90. The van der Waals surface area contributed by atoms with Crippen LogP contribution in [0.5, 0.6) is 0 Å². The van der Waals surface area contributed by atoms with Crippen molar-refractivity contribution in [1.29, 1.82) is 0 Å². The smallest absolute Gasteiger partial charge is 0.366 e. The Kier molecular flexibility index (Phi) is 3.59. The van der Waals surface area contributed by atoms with Crippen LogP contribution in [-0.4, -0.2) is 25.7 Å². The van der Waals surface area contributed by atoms with Crippen LogP contribution in [0, 0.1) is 17.7 Å². The van der Waals surface area contributed by atoms with Gasteiger partial charge in [-0.25, -0.2) is 4.39 Å². The summed E-state index contributed by atoms with van der Waals surface area (Å²) in [6.45, 7) is 4.56. The van der Waals surface area contributed by atoms with Gasteiger partial charge in [0.25, 0.3) is 0 Å². The Hall–Kier alpha value is -1.30. The second kappa shape index (κ2) is 5.16. The van der Waals surface area contributed by atoms with E-state index >= 15 is 0 Å². The molecule has 3 atom stereocenters. The van der Waals surface area contributed by atoms with Gasteiger partial charge in [-0.1, -0.05) is 6.92 Å². The summed E-state index contributed by atoms with van der Waals surface area (Å²) in [7, 11) is 0. The highest BCUT2D eigenvalue weighted by Gasteiger charge is 2.44. The third-order valence-electron chi connectivity index (χ3n) is 4.72. The molecule has 3 rings (SSSR count). The molecule has 2 saturated heterocycles. The Morgan fingerprint density at radius 2 is 2.05 bits per heavy atom. The number of benzene rings is 1. The van der Waals surface area contributed by atoms with Crippen molar-refractivity contribution in [3.8, 4) is 0 Å². The molecule has 6 heteroatoms. The van der Waals surface area contributed by atoms with Crippen LogP contribution in [-0.2, 0) is 6.18 Å². The third-order valence-corrected chi connectivity index (χ3v) is 4.72. The Morgan fingerprint density at radius 1 is 1.29 bits per heavy atom. The topological polar surface area (TPSA) is 15.3 Å². The van der Waals surface area contributed by atoms with Crippen molar-refractivity contribution in [2.45, 2.75) is 25.6 Å². The number of rotatable bonds is 2. The van der Waals surface area contributed by atoms with Crippen LogP contribution in [0.1, 0.15) is 18.9 Å². The maximum Gasteiger partial charge on any atom is 0.416 e. The van der Waals surface area contributed by atoms with E-state index in [2.05, 4.69) is 5.32 Å². The Morgan fingerprint density at radius 3 is 2.67 bits per heavy atom. The first-order valence-corrected chi connectivity index (χ1v) is 7.26. The van der Waals surface area contributed by atoms with E-state index < -0.39 is 17.6 Å². The van der Waals surface area contributed by atoms with Gasteiger partial charge in [0, 0.05) is 25.7 Å². The summed E-state index contributed by atoms with van der Waals surface area (Å²) in [5.41, 5.74) is -0.637. The fourth-order valence-corrected chi connectivity index (χ4v) is 3.74.